The summed E-state index contributed by atoms with van der Waals surface area (Å²) in [5.74, 6) is -0.109. The largest absolute Gasteiger partial charge is 0.466 e. The number of ether oxygens (including phenoxy) is 1. The van der Waals surface area contributed by atoms with Crippen molar-refractivity contribution in [2.24, 2.45) is 0 Å². The Bertz CT molecular complexity index is 157. The lowest BCUT2D eigenvalue weighted by Crippen LogP contribution is -2.36. The molecule has 3 heteroatoms. The second kappa shape index (κ2) is 5.97. The molecule has 0 bridgehead atoms. The van der Waals surface area contributed by atoms with Gasteiger partial charge in [-0.25, -0.2) is 0 Å². The molecule has 0 rings (SSSR count). The summed E-state index contributed by atoms with van der Waals surface area (Å²) in [6.45, 7) is 8.56. The Morgan fingerprint density at radius 2 is 1.92 bits per heavy atom. The summed E-state index contributed by atoms with van der Waals surface area (Å²) < 4.78 is 4.88. The van der Waals surface area contributed by atoms with Crippen LogP contribution in [0.2, 0.25) is 0 Å². The molecule has 13 heavy (non-hydrogen) atoms. The summed E-state index contributed by atoms with van der Waals surface area (Å²) in [5, 5.41) is 0. The monoisotopic (exact) mass is 187 g/mol. The topological polar surface area (TPSA) is 29.5 Å². The van der Waals surface area contributed by atoms with Crippen LogP contribution in [0, 0.1) is 0 Å². The third-order valence-corrected chi connectivity index (χ3v) is 2.28. The Kier molecular flexibility index (Phi) is 5.71. The van der Waals surface area contributed by atoms with Crippen LogP contribution in [0.25, 0.3) is 0 Å². The summed E-state index contributed by atoms with van der Waals surface area (Å²) in [7, 11) is 2.02. The zero-order valence-electron chi connectivity index (χ0n) is 9.33. The first-order valence-corrected chi connectivity index (χ1v) is 4.86. The number of carbonyl (C=O) groups excluding carboxylic acids is 1. The van der Waals surface area contributed by atoms with Crippen LogP contribution >= 0.6 is 0 Å². The van der Waals surface area contributed by atoms with Crippen molar-refractivity contribution >= 4 is 5.97 Å². The van der Waals surface area contributed by atoms with Crippen molar-refractivity contribution in [3.8, 4) is 0 Å². The zero-order valence-corrected chi connectivity index (χ0v) is 9.33. The second-order valence-electron chi connectivity index (χ2n) is 3.62. The first-order valence-electron chi connectivity index (χ1n) is 4.86. The minimum Gasteiger partial charge on any atom is -0.466 e. The summed E-state index contributed by atoms with van der Waals surface area (Å²) >= 11 is 0. The molecule has 0 amide bonds. The van der Waals surface area contributed by atoms with Gasteiger partial charge >= 0.3 is 5.97 Å². The van der Waals surface area contributed by atoms with Gasteiger partial charge in [0.15, 0.2) is 0 Å². The van der Waals surface area contributed by atoms with Gasteiger partial charge in [-0.05, 0) is 34.7 Å². The van der Waals surface area contributed by atoms with Gasteiger partial charge in [-0.3, -0.25) is 4.79 Å². The van der Waals surface area contributed by atoms with E-state index >= 15 is 0 Å². The lowest BCUT2D eigenvalue weighted by atomic mass is 10.2. The van der Waals surface area contributed by atoms with Gasteiger partial charge in [0.25, 0.3) is 0 Å². The standard InChI is InChI=1S/C10H21NO2/c1-6-13-10(12)7-9(4)11(5)8(2)3/h8-9H,6-7H2,1-5H3. The Balaban J connectivity index is 3.85. The van der Waals surface area contributed by atoms with Crippen molar-refractivity contribution in [3.63, 3.8) is 0 Å². The van der Waals surface area contributed by atoms with Gasteiger partial charge in [0.1, 0.15) is 0 Å². The Labute approximate surface area is 81.1 Å². The van der Waals surface area contributed by atoms with Crippen LogP contribution in [0.5, 0.6) is 0 Å². The van der Waals surface area contributed by atoms with E-state index in [1.165, 1.54) is 0 Å². The molecule has 0 fully saturated rings. The van der Waals surface area contributed by atoms with Crippen LogP contribution < -0.4 is 0 Å². The summed E-state index contributed by atoms with van der Waals surface area (Å²) in [5.41, 5.74) is 0. The molecule has 0 aromatic heterocycles. The Morgan fingerprint density at radius 3 is 2.31 bits per heavy atom. The van der Waals surface area contributed by atoms with Crippen LogP contribution in [0.15, 0.2) is 0 Å². The molecule has 0 saturated heterocycles. The van der Waals surface area contributed by atoms with Gasteiger partial charge in [0.05, 0.1) is 13.0 Å². The summed E-state index contributed by atoms with van der Waals surface area (Å²) in [4.78, 5) is 13.3. The SMILES string of the molecule is CCOC(=O)CC(C)N(C)C(C)C. The van der Waals surface area contributed by atoms with Gasteiger partial charge in [-0.15, -0.1) is 0 Å². The molecule has 1 atom stereocenters. The number of nitrogens with zero attached hydrogens (tertiary/aromatic N) is 1. The number of hydrogen-bond acceptors (Lipinski definition) is 3. The number of rotatable bonds is 5. The van der Waals surface area contributed by atoms with Gasteiger partial charge in [-0.1, -0.05) is 0 Å². The van der Waals surface area contributed by atoms with Gasteiger partial charge in [0.2, 0.25) is 0 Å². The predicted molar refractivity (Wildman–Crippen MR) is 53.6 cm³/mol. The summed E-state index contributed by atoms with van der Waals surface area (Å²) in [6, 6.07) is 0.712. The van der Waals surface area contributed by atoms with Crippen molar-refractivity contribution in [2.45, 2.75) is 46.2 Å². The van der Waals surface area contributed by atoms with E-state index in [1.807, 2.05) is 20.9 Å². The van der Waals surface area contributed by atoms with Gasteiger partial charge in [0, 0.05) is 12.1 Å². The average molecular weight is 187 g/mol. The van der Waals surface area contributed by atoms with E-state index in [2.05, 4.69) is 18.7 Å². The molecule has 0 heterocycles. The molecule has 0 aliphatic heterocycles. The van der Waals surface area contributed by atoms with E-state index in [9.17, 15) is 4.79 Å². The predicted octanol–water partition coefficient (Wildman–Crippen LogP) is 1.67. The average Bonchev–Trinajstić information content (AvgIpc) is 2.03. The molecule has 78 valence electrons. The van der Waals surface area contributed by atoms with E-state index in [0.29, 0.717) is 19.1 Å². The van der Waals surface area contributed by atoms with Crippen molar-refractivity contribution in [3.05, 3.63) is 0 Å². The number of hydrogen-bond donors (Lipinski definition) is 0. The molecule has 1 unspecified atom stereocenters. The molecule has 0 aromatic rings. The molecule has 3 nitrogen and oxygen atoms in total. The Morgan fingerprint density at radius 1 is 1.38 bits per heavy atom. The van der Waals surface area contributed by atoms with Crippen molar-refractivity contribution < 1.29 is 9.53 Å². The van der Waals surface area contributed by atoms with Crippen LogP contribution in [-0.2, 0) is 9.53 Å². The normalized spacial score (nSPS) is 13.5. The fourth-order valence-corrected chi connectivity index (χ4v) is 1.11. The van der Waals surface area contributed by atoms with Gasteiger partial charge < -0.3 is 9.64 Å². The maximum atomic E-state index is 11.1. The lowest BCUT2D eigenvalue weighted by molar-refractivity contribution is -0.144. The van der Waals surface area contributed by atoms with E-state index < -0.39 is 0 Å². The molecular formula is C10H21NO2. The van der Waals surface area contributed by atoms with Crippen molar-refractivity contribution in [2.75, 3.05) is 13.7 Å². The highest BCUT2D eigenvalue weighted by molar-refractivity contribution is 5.70. The third-order valence-electron chi connectivity index (χ3n) is 2.28. The minimum absolute atomic E-state index is 0.109. The fourth-order valence-electron chi connectivity index (χ4n) is 1.11. The molecule has 0 aliphatic rings. The molecule has 0 saturated carbocycles. The smallest absolute Gasteiger partial charge is 0.307 e. The quantitative estimate of drug-likeness (QED) is 0.613. The van der Waals surface area contributed by atoms with Crippen LogP contribution in [0.4, 0.5) is 0 Å². The zero-order chi connectivity index (χ0) is 10.4. The number of esters is 1. The summed E-state index contributed by atoms with van der Waals surface area (Å²) in [6.07, 6.45) is 0.475. The van der Waals surface area contributed by atoms with Crippen molar-refractivity contribution in [1.29, 1.82) is 0 Å². The lowest BCUT2D eigenvalue weighted by Gasteiger charge is -2.27. The molecule has 0 spiro atoms. The molecule has 0 aliphatic carbocycles. The van der Waals surface area contributed by atoms with E-state index in [1.54, 1.807) is 0 Å². The third kappa shape index (κ3) is 4.88. The first-order chi connectivity index (χ1) is 5.99. The first kappa shape index (κ1) is 12.4. The maximum absolute atomic E-state index is 11.1. The van der Waals surface area contributed by atoms with Crippen LogP contribution in [-0.4, -0.2) is 36.6 Å². The highest BCUT2D eigenvalue weighted by atomic mass is 16.5. The highest BCUT2D eigenvalue weighted by Crippen LogP contribution is 2.06. The van der Waals surface area contributed by atoms with E-state index in [0.717, 1.165) is 0 Å². The van der Waals surface area contributed by atoms with Gasteiger partial charge in [-0.2, -0.15) is 0 Å². The number of carbonyl (C=O) groups is 1. The fraction of sp³-hybridized carbons (Fsp3) is 0.900. The van der Waals surface area contributed by atoms with Crippen LogP contribution in [0.1, 0.15) is 34.1 Å². The van der Waals surface area contributed by atoms with E-state index in [-0.39, 0.29) is 12.0 Å². The molecular weight excluding hydrogens is 166 g/mol. The molecule has 0 aromatic carbocycles. The van der Waals surface area contributed by atoms with Crippen molar-refractivity contribution in [1.82, 2.24) is 4.90 Å². The minimum atomic E-state index is -0.109. The van der Waals surface area contributed by atoms with Crippen LogP contribution in [0.3, 0.4) is 0 Å². The molecule has 0 radical (unpaired) electrons. The second-order valence-corrected chi connectivity index (χ2v) is 3.62. The molecule has 0 N–H and O–H groups in total. The van der Waals surface area contributed by atoms with E-state index in [4.69, 9.17) is 4.74 Å². The maximum Gasteiger partial charge on any atom is 0.307 e. The Hall–Kier alpha value is -0.570. The highest BCUT2D eigenvalue weighted by Gasteiger charge is 2.16.